The van der Waals surface area contributed by atoms with Gasteiger partial charge in [0.05, 0.1) is 22.5 Å². The van der Waals surface area contributed by atoms with Gasteiger partial charge in [0, 0.05) is 5.56 Å². The molecule has 0 saturated carbocycles. The van der Waals surface area contributed by atoms with Gasteiger partial charge in [0.1, 0.15) is 5.76 Å². The summed E-state index contributed by atoms with van der Waals surface area (Å²) in [6, 6.07) is 6.96. The number of aromatic nitrogens is 2. The van der Waals surface area contributed by atoms with Gasteiger partial charge in [-0.1, -0.05) is 16.8 Å². The van der Waals surface area contributed by atoms with Gasteiger partial charge in [-0.15, -0.1) is 0 Å². The molecule has 2 aromatic heterocycles. The Kier molecular flexibility index (Phi) is 2.76. The molecule has 3 aromatic rings. The van der Waals surface area contributed by atoms with Gasteiger partial charge in [-0.3, -0.25) is 0 Å². The minimum Gasteiger partial charge on any atom is -0.469 e. The number of hydrogen-bond donors (Lipinski definition) is 1. The van der Waals surface area contributed by atoms with Crippen LogP contribution < -0.4 is 5.73 Å². The molecular weight excluding hydrogens is 266 g/mol. The number of halogens is 1. The van der Waals surface area contributed by atoms with Crippen LogP contribution in [0.4, 0.5) is 5.69 Å². The number of furan rings is 1. The Hall–Kier alpha value is -2.27. The normalized spacial score (nSPS) is 10.8. The average Bonchev–Trinajstić information content (AvgIpc) is 3.01. The second-order valence-corrected chi connectivity index (χ2v) is 4.46. The summed E-state index contributed by atoms with van der Waals surface area (Å²) in [4.78, 5) is 4.32. The highest BCUT2D eigenvalue weighted by Crippen LogP contribution is 2.28. The molecular formula is C13H10ClN3O2. The van der Waals surface area contributed by atoms with Crippen LogP contribution in [0.25, 0.3) is 22.8 Å². The quantitative estimate of drug-likeness (QED) is 0.724. The monoisotopic (exact) mass is 275 g/mol. The largest absolute Gasteiger partial charge is 0.469 e. The first-order valence-electron chi connectivity index (χ1n) is 5.59. The first kappa shape index (κ1) is 11.8. The zero-order valence-electron chi connectivity index (χ0n) is 10.1. The van der Waals surface area contributed by atoms with E-state index in [4.69, 9.17) is 26.3 Å². The standard InChI is InChI=1S/C13H10ClN3O2/c1-7-9(4-5-18-7)12-16-13(19-17-12)8-2-3-10(14)11(15)6-8/h2-6H,15H2,1H3. The van der Waals surface area contributed by atoms with Gasteiger partial charge >= 0.3 is 0 Å². The lowest BCUT2D eigenvalue weighted by atomic mass is 10.2. The van der Waals surface area contributed by atoms with Crippen molar-refractivity contribution in [1.82, 2.24) is 10.1 Å². The molecule has 6 heteroatoms. The van der Waals surface area contributed by atoms with Gasteiger partial charge in [0.15, 0.2) is 0 Å². The number of nitrogens with zero attached hydrogens (tertiary/aromatic N) is 2. The van der Waals surface area contributed by atoms with Crippen molar-refractivity contribution in [1.29, 1.82) is 0 Å². The van der Waals surface area contributed by atoms with Gasteiger partial charge in [-0.25, -0.2) is 0 Å². The maximum atomic E-state index is 5.87. The molecule has 0 radical (unpaired) electrons. The summed E-state index contributed by atoms with van der Waals surface area (Å²) in [6.45, 7) is 1.84. The van der Waals surface area contributed by atoms with Crippen LogP contribution >= 0.6 is 11.6 Å². The lowest BCUT2D eigenvalue weighted by molar-refractivity contribution is 0.432. The summed E-state index contributed by atoms with van der Waals surface area (Å²) in [6.07, 6.45) is 1.58. The molecule has 96 valence electrons. The SMILES string of the molecule is Cc1occc1-c1noc(-c2ccc(Cl)c(N)c2)n1. The Morgan fingerprint density at radius 1 is 1.26 bits per heavy atom. The molecule has 19 heavy (non-hydrogen) atoms. The summed E-state index contributed by atoms with van der Waals surface area (Å²) < 4.78 is 10.4. The molecule has 1 aromatic carbocycles. The number of nitrogens with two attached hydrogens (primary N) is 1. The van der Waals surface area contributed by atoms with Gasteiger partial charge in [-0.2, -0.15) is 4.98 Å². The fraction of sp³-hybridized carbons (Fsp3) is 0.0769. The molecule has 0 saturated heterocycles. The Labute approximate surface area is 114 Å². The van der Waals surface area contributed by atoms with E-state index in [1.165, 1.54) is 0 Å². The number of nitrogen functional groups attached to an aromatic ring is 1. The Morgan fingerprint density at radius 3 is 2.79 bits per heavy atom. The van der Waals surface area contributed by atoms with Crippen LogP contribution in [0.2, 0.25) is 5.02 Å². The topological polar surface area (TPSA) is 78.1 Å². The van der Waals surface area contributed by atoms with Crippen molar-refractivity contribution >= 4 is 17.3 Å². The van der Waals surface area contributed by atoms with Gasteiger partial charge in [-0.05, 0) is 31.2 Å². The third-order valence-corrected chi connectivity index (χ3v) is 3.11. The second-order valence-electron chi connectivity index (χ2n) is 4.05. The van der Waals surface area contributed by atoms with Crippen LogP contribution in [-0.4, -0.2) is 10.1 Å². The molecule has 0 amide bonds. The van der Waals surface area contributed by atoms with Crippen LogP contribution in [-0.2, 0) is 0 Å². The van der Waals surface area contributed by atoms with Crippen LogP contribution in [0.15, 0.2) is 39.5 Å². The number of benzene rings is 1. The predicted molar refractivity (Wildman–Crippen MR) is 71.6 cm³/mol. The summed E-state index contributed by atoms with van der Waals surface area (Å²) in [5, 5.41) is 4.42. The van der Waals surface area contributed by atoms with E-state index in [0.717, 1.165) is 16.9 Å². The highest BCUT2D eigenvalue weighted by molar-refractivity contribution is 6.33. The minimum absolute atomic E-state index is 0.388. The third kappa shape index (κ3) is 2.08. The number of rotatable bonds is 2. The lowest BCUT2D eigenvalue weighted by Crippen LogP contribution is -1.87. The van der Waals surface area contributed by atoms with Crippen LogP contribution in [0.5, 0.6) is 0 Å². The third-order valence-electron chi connectivity index (χ3n) is 2.77. The van der Waals surface area contributed by atoms with Crippen LogP contribution in [0.3, 0.4) is 0 Å². The van der Waals surface area contributed by atoms with E-state index in [9.17, 15) is 0 Å². The molecule has 5 nitrogen and oxygen atoms in total. The summed E-state index contributed by atoms with van der Waals surface area (Å²) >= 11 is 5.87. The summed E-state index contributed by atoms with van der Waals surface area (Å²) in [7, 11) is 0. The van der Waals surface area contributed by atoms with Crippen LogP contribution in [0.1, 0.15) is 5.76 Å². The van der Waals surface area contributed by atoms with E-state index >= 15 is 0 Å². The van der Waals surface area contributed by atoms with Crippen molar-refractivity contribution in [2.45, 2.75) is 6.92 Å². The fourth-order valence-corrected chi connectivity index (χ4v) is 1.86. The number of aryl methyl sites for hydroxylation is 1. The second kappa shape index (κ2) is 4.44. The van der Waals surface area contributed by atoms with E-state index < -0.39 is 0 Å². The zero-order chi connectivity index (χ0) is 13.4. The highest BCUT2D eigenvalue weighted by atomic mass is 35.5. The van der Waals surface area contributed by atoms with Gasteiger partial charge in [0.25, 0.3) is 5.89 Å². The zero-order valence-corrected chi connectivity index (χ0v) is 10.8. The van der Waals surface area contributed by atoms with Crippen molar-refractivity contribution in [2.75, 3.05) is 5.73 Å². The Morgan fingerprint density at radius 2 is 2.11 bits per heavy atom. The molecule has 2 heterocycles. The Balaban J connectivity index is 2.01. The van der Waals surface area contributed by atoms with Crippen molar-refractivity contribution in [3.05, 3.63) is 41.3 Å². The molecule has 2 N–H and O–H groups in total. The predicted octanol–water partition coefficient (Wildman–Crippen LogP) is 3.54. The fourth-order valence-electron chi connectivity index (χ4n) is 1.74. The molecule has 0 spiro atoms. The van der Waals surface area contributed by atoms with E-state index in [-0.39, 0.29) is 0 Å². The van der Waals surface area contributed by atoms with Crippen molar-refractivity contribution in [3.8, 4) is 22.8 Å². The lowest BCUT2D eigenvalue weighted by Gasteiger charge is -1.98. The Bertz CT molecular complexity index is 733. The molecule has 0 aliphatic carbocycles. The molecule has 3 rings (SSSR count). The van der Waals surface area contributed by atoms with E-state index in [1.54, 1.807) is 30.5 Å². The van der Waals surface area contributed by atoms with E-state index in [1.807, 2.05) is 6.92 Å². The van der Waals surface area contributed by atoms with Crippen molar-refractivity contribution in [3.63, 3.8) is 0 Å². The van der Waals surface area contributed by atoms with Crippen molar-refractivity contribution < 1.29 is 8.94 Å². The average molecular weight is 276 g/mol. The smallest absolute Gasteiger partial charge is 0.258 e. The molecule has 0 aliphatic rings. The summed E-state index contributed by atoms with van der Waals surface area (Å²) in [5.74, 6) is 1.61. The van der Waals surface area contributed by atoms with Crippen LogP contribution in [0, 0.1) is 6.92 Å². The van der Waals surface area contributed by atoms with Crippen molar-refractivity contribution in [2.24, 2.45) is 0 Å². The van der Waals surface area contributed by atoms with E-state index in [2.05, 4.69) is 10.1 Å². The highest BCUT2D eigenvalue weighted by Gasteiger charge is 2.14. The van der Waals surface area contributed by atoms with Gasteiger partial charge < -0.3 is 14.7 Å². The molecule has 0 atom stereocenters. The number of anilines is 1. The first-order chi connectivity index (χ1) is 9.15. The number of hydrogen-bond acceptors (Lipinski definition) is 5. The summed E-state index contributed by atoms with van der Waals surface area (Å²) in [5.41, 5.74) is 7.74. The molecule has 0 fully saturated rings. The minimum atomic E-state index is 0.388. The maximum Gasteiger partial charge on any atom is 0.258 e. The maximum absolute atomic E-state index is 5.87. The molecule has 0 bridgehead atoms. The molecule has 0 unspecified atom stereocenters. The van der Waals surface area contributed by atoms with E-state index in [0.29, 0.717) is 22.4 Å². The van der Waals surface area contributed by atoms with Gasteiger partial charge in [0.2, 0.25) is 5.82 Å². The first-order valence-corrected chi connectivity index (χ1v) is 5.96. The molecule has 0 aliphatic heterocycles.